The highest BCUT2D eigenvalue weighted by Gasteiger charge is 1.95. The van der Waals surface area contributed by atoms with Gasteiger partial charge in [-0.1, -0.05) is 6.07 Å². The SMILES string of the molecule is Fc1ccc(OCCNCc2cccs2)cc1. The summed E-state index contributed by atoms with van der Waals surface area (Å²) in [5.41, 5.74) is 0. The van der Waals surface area contributed by atoms with E-state index < -0.39 is 0 Å². The number of benzene rings is 1. The molecular formula is C13H14FNOS. The predicted octanol–water partition coefficient (Wildman–Crippen LogP) is 3.06. The molecule has 2 aromatic rings. The number of hydrogen-bond donors (Lipinski definition) is 1. The minimum atomic E-state index is -0.242. The highest BCUT2D eigenvalue weighted by Crippen LogP contribution is 2.10. The van der Waals surface area contributed by atoms with Gasteiger partial charge in [0, 0.05) is 18.0 Å². The third kappa shape index (κ3) is 4.17. The number of halogens is 1. The van der Waals surface area contributed by atoms with Crippen molar-refractivity contribution in [3.05, 3.63) is 52.5 Å². The second-order valence-corrected chi connectivity index (χ2v) is 4.59. The fourth-order valence-electron chi connectivity index (χ4n) is 1.40. The molecule has 0 aliphatic carbocycles. The molecule has 0 saturated carbocycles. The molecule has 17 heavy (non-hydrogen) atoms. The molecule has 90 valence electrons. The van der Waals surface area contributed by atoms with Gasteiger partial charge < -0.3 is 10.1 Å². The van der Waals surface area contributed by atoms with Crippen molar-refractivity contribution in [3.8, 4) is 5.75 Å². The number of rotatable bonds is 6. The first-order valence-corrected chi connectivity index (χ1v) is 6.34. The van der Waals surface area contributed by atoms with E-state index in [0.29, 0.717) is 12.4 Å². The topological polar surface area (TPSA) is 21.3 Å². The van der Waals surface area contributed by atoms with E-state index in [9.17, 15) is 4.39 Å². The maximum Gasteiger partial charge on any atom is 0.123 e. The van der Waals surface area contributed by atoms with E-state index in [0.717, 1.165) is 13.1 Å². The van der Waals surface area contributed by atoms with Crippen LogP contribution in [-0.4, -0.2) is 13.2 Å². The normalized spacial score (nSPS) is 10.4. The van der Waals surface area contributed by atoms with Crippen LogP contribution in [0.25, 0.3) is 0 Å². The molecule has 0 aliphatic heterocycles. The van der Waals surface area contributed by atoms with Crippen molar-refractivity contribution in [3.63, 3.8) is 0 Å². The molecule has 0 bridgehead atoms. The highest BCUT2D eigenvalue weighted by atomic mass is 32.1. The van der Waals surface area contributed by atoms with E-state index in [1.165, 1.54) is 17.0 Å². The van der Waals surface area contributed by atoms with Crippen molar-refractivity contribution in [2.24, 2.45) is 0 Å². The summed E-state index contributed by atoms with van der Waals surface area (Å²) in [4.78, 5) is 1.31. The Morgan fingerprint density at radius 1 is 1.18 bits per heavy atom. The Balaban J connectivity index is 1.61. The molecule has 1 aromatic carbocycles. The Kier molecular flexibility index (Phi) is 4.53. The molecule has 4 heteroatoms. The molecular weight excluding hydrogens is 237 g/mol. The molecule has 0 saturated heterocycles. The van der Waals surface area contributed by atoms with Gasteiger partial charge in [-0.05, 0) is 35.7 Å². The van der Waals surface area contributed by atoms with Gasteiger partial charge in [0.2, 0.25) is 0 Å². The number of hydrogen-bond acceptors (Lipinski definition) is 3. The van der Waals surface area contributed by atoms with Gasteiger partial charge >= 0.3 is 0 Å². The molecule has 1 heterocycles. The second kappa shape index (κ2) is 6.37. The Morgan fingerprint density at radius 3 is 2.71 bits per heavy atom. The Labute approximate surface area is 104 Å². The van der Waals surface area contributed by atoms with E-state index in [1.807, 2.05) is 6.07 Å². The van der Waals surface area contributed by atoms with Crippen LogP contribution in [0.1, 0.15) is 4.88 Å². The maximum atomic E-state index is 12.6. The van der Waals surface area contributed by atoms with E-state index in [1.54, 1.807) is 23.5 Å². The average Bonchev–Trinajstić information content (AvgIpc) is 2.84. The first kappa shape index (κ1) is 12.1. The van der Waals surface area contributed by atoms with Gasteiger partial charge in [0.15, 0.2) is 0 Å². The van der Waals surface area contributed by atoms with Crippen LogP contribution in [0, 0.1) is 5.82 Å². The van der Waals surface area contributed by atoms with E-state index >= 15 is 0 Å². The van der Waals surface area contributed by atoms with Crippen molar-refractivity contribution in [1.29, 1.82) is 0 Å². The van der Waals surface area contributed by atoms with Crippen LogP contribution in [0.3, 0.4) is 0 Å². The fraction of sp³-hybridized carbons (Fsp3) is 0.231. The zero-order valence-corrected chi connectivity index (χ0v) is 10.2. The van der Waals surface area contributed by atoms with Gasteiger partial charge in [-0.25, -0.2) is 4.39 Å². The van der Waals surface area contributed by atoms with Gasteiger partial charge in [0.1, 0.15) is 18.2 Å². The Hall–Kier alpha value is -1.39. The molecule has 1 N–H and O–H groups in total. The average molecular weight is 251 g/mol. The lowest BCUT2D eigenvalue weighted by Gasteiger charge is -2.06. The van der Waals surface area contributed by atoms with Gasteiger partial charge in [-0.3, -0.25) is 0 Å². The standard InChI is InChI=1S/C13H14FNOS/c14-11-3-5-12(6-4-11)16-8-7-15-10-13-2-1-9-17-13/h1-6,9,15H,7-8,10H2. The van der Waals surface area contributed by atoms with Crippen LogP contribution < -0.4 is 10.1 Å². The van der Waals surface area contributed by atoms with Crippen molar-refractivity contribution in [2.45, 2.75) is 6.54 Å². The van der Waals surface area contributed by atoms with Crippen molar-refractivity contribution >= 4 is 11.3 Å². The molecule has 0 spiro atoms. The van der Waals surface area contributed by atoms with Crippen LogP contribution in [0.5, 0.6) is 5.75 Å². The second-order valence-electron chi connectivity index (χ2n) is 3.56. The zero-order valence-electron chi connectivity index (χ0n) is 9.36. The minimum Gasteiger partial charge on any atom is -0.492 e. The first-order chi connectivity index (χ1) is 8.34. The largest absolute Gasteiger partial charge is 0.492 e. The summed E-state index contributed by atoms with van der Waals surface area (Å²) in [5, 5.41) is 5.34. The van der Waals surface area contributed by atoms with Crippen LogP contribution in [-0.2, 0) is 6.54 Å². The van der Waals surface area contributed by atoms with Crippen molar-refractivity contribution in [2.75, 3.05) is 13.2 Å². The van der Waals surface area contributed by atoms with Gasteiger partial charge in [0.25, 0.3) is 0 Å². The van der Waals surface area contributed by atoms with Crippen molar-refractivity contribution < 1.29 is 9.13 Å². The lowest BCUT2D eigenvalue weighted by molar-refractivity contribution is 0.313. The zero-order chi connectivity index (χ0) is 11.9. The summed E-state index contributed by atoms with van der Waals surface area (Å²) in [6.07, 6.45) is 0. The lowest BCUT2D eigenvalue weighted by atomic mass is 10.3. The number of thiophene rings is 1. The third-order valence-electron chi connectivity index (χ3n) is 2.24. The smallest absolute Gasteiger partial charge is 0.123 e. The molecule has 0 fully saturated rings. The van der Waals surface area contributed by atoms with E-state index in [2.05, 4.69) is 16.8 Å². The molecule has 0 aliphatic rings. The van der Waals surface area contributed by atoms with E-state index in [-0.39, 0.29) is 5.82 Å². The fourth-order valence-corrected chi connectivity index (χ4v) is 2.07. The van der Waals surface area contributed by atoms with Gasteiger partial charge in [-0.15, -0.1) is 11.3 Å². The summed E-state index contributed by atoms with van der Waals surface area (Å²) in [5.74, 6) is 0.456. The van der Waals surface area contributed by atoms with E-state index in [4.69, 9.17) is 4.74 Å². The van der Waals surface area contributed by atoms with Crippen LogP contribution in [0.4, 0.5) is 4.39 Å². The first-order valence-electron chi connectivity index (χ1n) is 5.46. The van der Waals surface area contributed by atoms with Gasteiger partial charge in [-0.2, -0.15) is 0 Å². The molecule has 0 unspecified atom stereocenters. The third-order valence-corrected chi connectivity index (χ3v) is 3.12. The minimum absolute atomic E-state index is 0.242. The summed E-state index contributed by atoms with van der Waals surface area (Å²) < 4.78 is 18.1. The number of nitrogens with one attached hydrogen (secondary N) is 1. The predicted molar refractivity (Wildman–Crippen MR) is 67.9 cm³/mol. The number of ether oxygens (including phenoxy) is 1. The summed E-state index contributed by atoms with van der Waals surface area (Å²) >= 11 is 1.73. The molecule has 2 rings (SSSR count). The molecule has 0 amide bonds. The molecule has 1 aromatic heterocycles. The quantitative estimate of drug-likeness (QED) is 0.797. The van der Waals surface area contributed by atoms with Gasteiger partial charge in [0.05, 0.1) is 0 Å². The molecule has 2 nitrogen and oxygen atoms in total. The Bertz CT molecular complexity index is 427. The molecule has 0 atom stereocenters. The monoisotopic (exact) mass is 251 g/mol. The Morgan fingerprint density at radius 2 is 2.00 bits per heavy atom. The highest BCUT2D eigenvalue weighted by molar-refractivity contribution is 7.09. The molecule has 0 radical (unpaired) electrons. The van der Waals surface area contributed by atoms with Crippen LogP contribution in [0.15, 0.2) is 41.8 Å². The van der Waals surface area contributed by atoms with Crippen LogP contribution >= 0.6 is 11.3 Å². The summed E-state index contributed by atoms with van der Waals surface area (Å²) in [7, 11) is 0. The summed E-state index contributed by atoms with van der Waals surface area (Å²) in [6.45, 7) is 2.22. The van der Waals surface area contributed by atoms with Crippen LogP contribution in [0.2, 0.25) is 0 Å². The lowest BCUT2D eigenvalue weighted by Crippen LogP contribution is -2.20. The van der Waals surface area contributed by atoms with Crippen molar-refractivity contribution in [1.82, 2.24) is 5.32 Å². The maximum absolute atomic E-state index is 12.6. The summed E-state index contributed by atoms with van der Waals surface area (Å²) in [6, 6.07) is 10.2.